The molecule has 14 heteroatoms. The number of para-hydroxylation sites is 1. The molecule has 2 atom stereocenters. The van der Waals surface area contributed by atoms with Crippen LogP contribution in [0.4, 0.5) is 5.82 Å². The number of anilines is 1. The number of fused-ring (bicyclic) bond motifs is 3. The maximum Gasteiger partial charge on any atom is 0.254 e. The number of imide groups is 1. The van der Waals surface area contributed by atoms with Crippen LogP contribution in [0.1, 0.15) is 72.7 Å². The summed E-state index contributed by atoms with van der Waals surface area (Å²) in [5, 5.41) is 6.49. The summed E-state index contributed by atoms with van der Waals surface area (Å²) in [5.41, 5.74) is 6.42. The van der Waals surface area contributed by atoms with Crippen LogP contribution in [0.25, 0.3) is 22.3 Å². The van der Waals surface area contributed by atoms with E-state index in [9.17, 15) is 24.0 Å². The van der Waals surface area contributed by atoms with Crippen LogP contribution in [-0.4, -0.2) is 94.4 Å². The van der Waals surface area contributed by atoms with Crippen molar-refractivity contribution in [2.75, 3.05) is 45.7 Å². The summed E-state index contributed by atoms with van der Waals surface area (Å²) >= 11 is 0. The number of hydrogen-bond donors (Lipinski definition) is 2. The number of pyridine rings is 1. The Balaban J connectivity index is 0.720. The fourth-order valence-electron chi connectivity index (χ4n) is 8.68. The van der Waals surface area contributed by atoms with Crippen LogP contribution >= 0.6 is 0 Å². The first kappa shape index (κ1) is 43.5. The lowest BCUT2D eigenvalue weighted by Crippen LogP contribution is -2.46. The molecule has 3 aliphatic rings. The second kappa shape index (κ2) is 19.1. The molecule has 0 radical (unpaired) electrons. The maximum atomic E-state index is 13.7. The first-order valence-corrected chi connectivity index (χ1v) is 22.0. The van der Waals surface area contributed by atoms with E-state index in [1.165, 1.54) is 0 Å². The number of aromatic nitrogens is 3. The predicted octanol–water partition coefficient (Wildman–Crippen LogP) is 6.31. The summed E-state index contributed by atoms with van der Waals surface area (Å²) in [5.74, 6) is 4.89. The summed E-state index contributed by atoms with van der Waals surface area (Å²) in [4.78, 5) is 82.6. The van der Waals surface area contributed by atoms with E-state index in [1.54, 1.807) is 24.4 Å². The lowest BCUT2D eigenvalue weighted by Gasteiger charge is -2.29. The van der Waals surface area contributed by atoms with Gasteiger partial charge in [-0.05, 0) is 86.5 Å². The Morgan fingerprint density at radius 2 is 1.74 bits per heavy atom. The van der Waals surface area contributed by atoms with E-state index in [2.05, 4.69) is 32.4 Å². The number of carbonyl (C=O) groups is 5. The fraction of sp³-hybridized carbons (Fsp3) is 0.269. The molecule has 6 aromatic rings. The van der Waals surface area contributed by atoms with E-state index in [1.807, 2.05) is 97.9 Å². The number of ether oxygens (including phenoxy) is 2. The Hall–Kier alpha value is -7.76. The van der Waals surface area contributed by atoms with E-state index < -0.39 is 35.2 Å². The molecule has 2 aromatic heterocycles. The van der Waals surface area contributed by atoms with Crippen LogP contribution in [0.2, 0.25) is 0 Å². The third kappa shape index (κ3) is 9.25. The van der Waals surface area contributed by atoms with Crippen LogP contribution in [0, 0.1) is 23.7 Å². The van der Waals surface area contributed by atoms with Gasteiger partial charge in [-0.1, -0.05) is 54.3 Å². The van der Waals surface area contributed by atoms with Crippen LogP contribution < -0.4 is 20.1 Å². The molecule has 2 N–H and O–H groups in total. The van der Waals surface area contributed by atoms with Gasteiger partial charge in [-0.3, -0.25) is 39.2 Å². The van der Waals surface area contributed by atoms with Gasteiger partial charge in [0.25, 0.3) is 5.91 Å². The van der Waals surface area contributed by atoms with Gasteiger partial charge in [-0.2, -0.15) is 0 Å². The zero-order chi connectivity index (χ0) is 45.7. The number of piperidine rings is 1. The number of carbonyl (C=O) groups excluding carboxylic acids is 5. The number of nitrogens with zero attached hydrogens (tertiary/aromatic N) is 5. The summed E-state index contributed by atoms with van der Waals surface area (Å²) in [6, 6.07) is 30.0. The minimum atomic E-state index is -1.14. The lowest BCUT2D eigenvalue weighted by atomic mass is 9.82. The quantitative estimate of drug-likeness (QED) is 0.0574. The van der Waals surface area contributed by atoms with Crippen molar-refractivity contribution >= 4 is 46.0 Å². The first-order valence-electron chi connectivity index (χ1n) is 22.0. The number of Topliss-reactive ketones (excluding diaryl/α,β-unsaturated/α-hetero) is 2. The van der Waals surface area contributed by atoms with Crippen molar-refractivity contribution in [1.82, 2.24) is 30.1 Å². The lowest BCUT2D eigenvalue weighted by molar-refractivity contribution is -0.137. The molecule has 2 aliphatic heterocycles. The van der Waals surface area contributed by atoms with Gasteiger partial charge >= 0.3 is 0 Å². The highest BCUT2D eigenvalue weighted by atomic mass is 16.5. The van der Waals surface area contributed by atoms with Gasteiger partial charge in [0.05, 0.1) is 48.3 Å². The second-order valence-electron chi connectivity index (χ2n) is 16.7. The van der Waals surface area contributed by atoms with Crippen molar-refractivity contribution in [3.05, 3.63) is 142 Å². The number of benzene rings is 4. The Kier molecular flexibility index (Phi) is 12.6. The maximum absolute atomic E-state index is 13.7. The molecule has 1 saturated heterocycles. The molecule has 14 nitrogen and oxygen atoms in total. The van der Waals surface area contributed by atoms with Crippen LogP contribution in [0.15, 0.2) is 103 Å². The highest BCUT2D eigenvalue weighted by Gasteiger charge is 2.48. The van der Waals surface area contributed by atoms with Gasteiger partial charge in [-0.25, -0.2) is 9.97 Å². The summed E-state index contributed by atoms with van der Waals surface area (Å²) in [6.07, 6.45) is 3.34. The van der Waals surface area contributed by atoms with Crippen molar-refractivity contribution < 1.29 is 33.4 Å². The first-order chi connectivity index (χ1) is 32.1. The van der Waals surface area contributed by atoms with Gasteiger partial charge in [0.15, 0.2) is 17.4 Å². The largest absolute Gasteiger partial charge is 0.493 e. The molecule has 66 heavy (non-hydrogen) atoms. The zero-order valence-electron chi connectivity index (χ0n) is 36.6. The minimum Gasteiger partial charge on any atom is -0.493 e. The summed E-state index contributed by atoms with van der Waals surface area (Å²) in [7, 11) is 3.81. The van der Waals surface area contributed by atoms with Crippen molar-refractivity contribution in [3.63, 3.8) is 0 Å². The molecule has 1 fully saturated rings. The molecule has 0 saturated carbocycles. The molecule has 9 rings (SSSR count). The molecule has 0 bridgehead atoms. The molecular formula is C52H47N7O7. The molecule has 4 heterocycles. The van der Waals surface area contributed by atoms with Crippen molar-refractivity contribution in [3.8, 4) is 34.7 Å². The normalized spacial score (nSPS) is 16.6. The molecular weight excluding hydrogens is 835 g/mol. The average Bonchev–Trinajstić information content (AvgIpc) is 3.60. The van der Waals surface area contributed by atoms with Crippen LogP contribution in [0.3, 0.4) is 0 Å². The predicted molar refractivity (Wildman–Crippen MR) is 247 cm³/mol. The third-order valence-electron chi connectivity index (χ3n) is 12.2. The Morgan fingerprint density at radius 3 is 2.55 bits per heavy atom. The van der Waals surface area contributed by atoms with E-state index in [-0.39, 0.29) is 29.9 Å². The van der Waals surface area contributed by atoms with E-state index in [0.717, 1.165) is 44.7 Å². The third-order valence-corrected chi connectivity index (χ3v) is 12.2. The standard InChI is InChI=1S/C52H47N7O7/c1-53-50-38-23-26-59(30-42(38)55-49(57-50)36-28-35-9-3-4-11-41(35)54-29-36)52(64)34-17-13-33(14-18-34)31-66-37-19-15-32(16-20-37)8-6-24-58(2)25-7-27-65-43-12-5-10-39-45(43)48(62)46(47(39)61)40-21-22-44(60)56-51(40)63/h3-5,9-20,28-29,40,46H,7,21-27,30-31H2,1-2H3,(H,53,55,57)(H,56,60,63). The number of amides is 3. The molecule has 1 aliphatic carbocycles. The number of rotatable bonds is 13. The van der Waals surface area contributed by atoms with E-state index >= 15 is 0 Å². The molecule has 2 unspecified atom stereocenters. The van der Waals surface area contributed by atoms with Crippen molar-refractivity contribution in [2.24, 2.45) is 11.8 Å². The smallest absolute Gasteiger partial charge is 0.254 e. The van der Waals surface area contributed by atoms with Gasteiger partial charge in [0.1, 0.15) is 23.9 Å². The molecule has 3 amide bonds. The second-order valence-corrected chi connectivity index (χ2v) is 16.7. The van der Waals surface area contributed by atoms with Crippen LogP contribution in [0.5, 0.6) is 11.5 Å². The van der Waals surface area contributed by atoms with Crippen molar-refractivity contribution in [1.29, 1.82) is 0 Å². The minimum absolute atomic E-state index is 0.0584. The Bertz CT molecular complexity index is 2940. The van der Waals surface area contributed by atoms with Crippen LogP contribution in [-0.2, 0) is 29.2 Å². The van der Waals surface area contributed by atoms with Gasteiger partial charge < -0.3 is 19.7 Å². The Morgan fingerprint density at radius 1 is 0.924 bits per heavy atom. The van der Waals surface area contributed by atoms with Crippen molar-refractivity contribution in [2.45, 2.75) is 38.8 Å². The highest BCUT2D eigenvalue weighted by Crippen LogP contribution is 2.39. The van der Waals surface area contributed by atoms with E-state index in [0.29, 0.717) is 75.1 Å². The number of hydrogen-bond acceptors (Lipinski definition) is 12. The van der Waals surface area contributed by atoms with Gasteiger partial charge in [0.2, 0.25) is 11.8 Å². The monoisotopic (exact) mass is 881 g/mol. The fourth-order valence-corrected chi connectivity index (χ4v) is 8.68. The topological polar surface area (TPSA) is 173 Å². The molecule has 0 spiro atoms. The van der Waals surface area contributed by atoms with Gasteiger partial charge in [0, 0.05) is 66.0 Å². The summed E-state index contributed by atoms with van der Waals surface area (Å²) < 4.78 is 12.0. The molecule has 4 aromatic carbocycles. The highest BCUT2D eigenvalue weighted by molar-refractivity contribution is 6.29. The average molecular weight is 882 g/mol. The van der Waals surface area contributed by atoms with E-state index in [4.69, 9.17) is 19.4 Å². The SMILES string of the molecule is CNc1nc(-c2cnc3ccccc3c2)nc2c1CCN(C(=O)c1ccc(COc3ccc(C#CCN(C)CCCOc4cccc5c4C(=O)C(C4CCC(=O)NC4=O)C5=O)cc3)cc1)C2. The summed E-state index contributed by atoms with van der Waals surface area (Å²) in [6.45, 7) is 2.81. The van der Waals surface area contributed by atoms with Gasteiger partial charge in [-0.15, -0.1) is 0 Å². The zero-order valence-corrected chi connectivity index (χ0v) is 36.6. The number of nitrogens with one attached hydrogen (secondary N) is 2. The Labute approximate surface area is 381 Å². The molecule has 332 valence electrons. The number of ketones is 2.